The minimum Gasteiger partial charge on any atom is -0.494 e. The molecule has 0 aromatic heterocycles. The van der Waals surface area contributed by atoms with Gasteiger partial charge in [-0.3, -0.25) is 0 Å². The molecule has 0 amide bonds. The van der Waals surface area contributed by atoms with Crippen LogP contribution in [-0.2, 0) is 0 Å². The van der Waals surface area contributed by atoms with Gasteiger partial charge in [-0.25, -0.2) is 4.39 Å². The fourth-order valence-electron chi connectivity index (χ4n) is 2.41. The van der Waals surface area contributed by atoms with E-state index in [1.54, 1.807) is 6.07 Å². The van der Waals surface area contributed by atoms with Gasteiger partial charge in [-0.2, -0.15) is 0 Å². The van der Waals surface area contributed by atoms with Gasteiger partial charge in [-0.15, -0.1) is 0 Å². The second-order valence-corrected chi connectivity index (χ2v) is 4.90. The fourth-order valence-corrected chi connectivity index (χ4v) is 2.41. The van der Waals surface area contributed by atoms with Crippen molar-refractivity contribution >= 4 is 11.4 Å². The molecule has 0 aliphatic carbocycles. The van der Waals surface area contributed by atoms with Gasteiger partial charge >= 0.3 is 0 Å². The smallest absolute Gasteiger partial charge is 0.167 e. The maximum atomic E-state index is 13.4. The third kappa shape index (κ3) is 3.73. The summed E-state index contributed by atoms with van der Waals surface area (Å²) in [6, 6.07) is 2.90. The first-order valence-electron chi connectivity index (χ1n) is 6.80. The molecular weight excluding hydrogens is 245 g/mol. The highest BCUT2D eigenvalue weighted by atomic mass is 19.1. The Balaban J connectivity index is 1.81. The van der Waals surface area contributed by atoms with Crippen LogP contribution in [0, 0.1) is 5.82 Å². The first kappa shape index (κ1) is 13.9. The molecule has 5 heteroatoms. The quantitative estimate of drug-likeness (QED) is 0.613. The zero-order chi connectivity index (χ0) is 13.7. The molecule has 106 valence electrons. The van der Waals surface area contributed by atoms with Gasteiger partial charge < -0.3 is 20.7 Å². The van der Waals surface area contributed by atoms with E-state index < -0.39 is 5.82 Å². The van der Waals surface area contributed by atoms with Gasteiger partial charge in [0.1, 0.15) is 0 Å². The summed E-state index contributed by atoms with van der Waals surface area (Å²) in [4.78, 5) is 2.47. The van der Waals surface area contributed by atoms with Crippen LogP contribution in [0.25, 0.3) is 0 Å². The number of nitrogens with zero attached hydrogens (tertiary/aromatic N) is 1. The van der Waals surface area contributed by atoms with Crippen LogP contribution >= 0.6 is 0 Å². The molecule has 1 fully saturated rings. The molecule has 3 N–H and O–H groups in total. The predicted molar refractivity (Wildman–Crippen MR) is 76.1 cm³/mol. The number of hydrogen-bond acceptors (Lipinski definition) is 4. The number of likely N-dealkylation sites (tertiary alicyclic amines) is 1. The number of nitrogen functional groups attached to an aromatic ring is 1. The molecule has 1 heterocycles. The molecule has 0 atom stereocenters. The van der Waals surface area contributed by atoms with Crippen molar-refractivity contribution in [2.45, 2.75) is 19.3 Å². The lowest BCUT2D eigenvalue weighted by molar-refractivity contribution is 0.337. The van der Waals surface area contributed by atoms with Gasteiger partial charge in [0.25, 0.3) is 0 Å². The van der Waals surface area contributed by atoms with E-state index in [9.17, 15) is 4.39 Å². The molecule has 0 spiro atoms. The third-order valence-corrected chi connectivity index (χ3v) is 3.49. The van der Waals surface area contributed by atoms with Crippen molar-refractivity contribution in [3.05, 3.63) is 17.9 Å². The van der Waals surface area contributed by atoms with Gasteiger partial charge in [-0.05, 0) is 38.9 Å². The Morgan fingerprint density at radius 3 is 2.79 bits per heavy atom. The fraction of sp³-hybridized carbons (Fsp3) is 0.571. The highest BCUT2D eigenvalue weighted by Crippen LogP contribution is 2.27. The molecule has 1 aromatic rings. The van der Waals surface area contributed by atoms with Crippen molar-refractivity contribution in [2.75, 3.05) is 44.3 Å². The number of benzene rings is 1. The average molecular weight is 267 g/mol. The van der Waals surface area contributed by atoms with Gasteiger partial charge in [-0.1, -0.05) is 0 Å². The van der Waals surface area contributed by atoms with Gasteiger partial charge in [0.15, 0.2) is 11.6 Å². The van der Waals surface area contributed by atoms with Crippen molar-refractivity contribution < 1.29 is 9.13 Å². The Hall–Kier alpha value is -1.49. The molecule has 4 nitrogen and oxygen atoms in total. The van der Waals surface area contributed by atoms with E-state index in [2.05, 4.69) is 10.2 Å². The van der Waals surface area contributed by atoms with Crippen molar-refractivity contribution in [1.29, 1.82) is 0 Å². The molecule has 0 saturated carbocycles. The Morgan fingerprint density at radius 2 is 2.11 bits per heavy atom. The van der Waals surface area contributed by atoms with Crippen molar-refractivity contribution in [1.82, 2.24) is 4.90 Å². The lowest BCUT2D eigenvalue weighted by Gasteiger charge is -2.15. The van der Waals surface area contributed by atoms with Gasteiger partial charge in [0, 0.05) is 18.7 Å². The maximum absolute atomic E-state index is 13.4. The molecule has 1 aliphatic rings. The van der Waals surface area contributed by atoms with Crippen molar-refractivity contribution in [2.24, 2.45) is 0 Å². The molecule has 1 saturated heterocycles. The zero-order valence-electron chi connectivity index (χ0n) is 11.4. The number of halogens is 1. The number of ether oxygens (including phenoxy) is 1. The lowest BCUT2D eigenvalue weighted by atomic mass is 10.2. The molecule has 0 unspecified atom stereocenters. The summed E-state index contributed by atoms with van der Waals surface area (Å²) in [7, 11) is 1.45. The van der Waals surface area contributed by atoms with Crippen LogP contribution in [0.15, 0.2) is 12.1 Å². The predicted octanol–water partition coefficient (Wildman–Crippen LogP) is 2.31. The van der Waals surface area contributed by atoms with Gasteiger partial charge in [0.2, 0.25) is 0 Å². The van der Waals surface area contributed by atoms with E-state index in [1.807, 2.05) is 0 Å². The Morgan fingerprint density at radius 1 is 1.37 bits per heavy atom. The Labute approximate surface area is 113 Å². The highest BCUT2D eigenvalue weighted by molar-refractivity contribution is 5.68. The second-order valence-electron chi connectivity index (χ2n) is 4.90. The van der Waals surface area contributed by atoms with Crippen LogP contribution in [0.4, 0.5) is 15.8 Å². The van der Waals surface area contributed by atoms with E-state index in [0.29, 0.717) is 5.69 Å². The normalized spacial score (nSPS) is 15.7. The third-order valence-electron chi connectivity index (χ3n) is 3.49. The van der Waals surface area contributed by atoms with E-state index in [1.165, 1.54) is 39.1 Å². The Kier molecular flexibility index (Phi) is 4.85. The molecule has 1 aromatic carbocycles. The lowest BCUT2D eigenvalue weighted by Crippen LogP contribution is -2.22. The highest BCUT2D eigenvalue weighted by Gasteiger charge is 2.11. The second kappa shape index (κ2) is 6.61. The van der Waals surface area contributed by atoms with Gasteiger partial charge in [0.05, 0.1) is 18.5 Å². The Bertz CT molecular complexity index is 419. The summed E-state index contributed by atoms with van der Waals surface area (Å²) < 4.78 is 18.3. The summed E-state index contributed by atoms with van der Waals surface area (Å²) in [6.45, 7) is 4.36. The molecule has 0 bridgehead atoms. The monoisotopic (exact) mass is 267 g/mol. The van der Waals surface area contributed by atoms with E-state index in [4.69, 9.17) is 10.5 Å². The summed E-state index contributed by atoms with van der Waals surface area (Å²) in [5.74, 6) is -0.209. The SMILES string of the molecule is COc1cc(NCCCN2CCCC2)c(N)cc1F. The first-order chi connectivity index (χ1) is 9.20. The molecule has 0 radical (unpaired) electrons. The minimum atomic E-state index is -0.428. The van der Waals surface area contributed by atoms with E-state index in [0.717, 1.165) is 25.2 Å². The van der Waals surface area contributed by atoms with Crippen LogP contribution < -0.4 is 15.8 Å². The molecule has 19 heavy (non-hydrogen) atoms. The first-order valence-corrected chi connectivity index (χ1v) is 6.80. The maximum Gasteiger partial charge on any atom is 0.167 e. The summed E-state index contributed by atoms with van der Waals surface area (Å²) >= 11 is 0. The van der Waals surface area contributed by atoms with Crippen molar-refractivity contribution in [3.63, 3.8) is 0 Å². The number of anilines is 2. The topological polar surface area (TPSA) is 50.5 Å². The van der Waals surface area contributed by atoms with Crippen molar-refractivity contribution in [3.8, 4) is 5.75 Å². The van der Waals surface area contributed by atoms with Crippen LogP contribution in [0.2, 0.25) is 0 Å². The number of hydrogen-bond donors (Lipinski definition) is 2. The van der Waals surface area contributed by atoms with Crippen LogP contribution in [0.3, 0.4) is 0 Å². The summed E-state index contributed by atoms with van der Waals surface area (Å²) in [5.41, 5.74) is 6.93. The number of methoxy groups -OCH3 is 1. The molecule has 2 rings (SSSR count). The van der Waals surface area contributed by atoms with Crippen LogP contribution in [0.5, 0.6) is 5.75 Å². The molecule has 1 aliphatic heterocycles. The minimum absolute atomic E-state index is 0.219. The van der Waals surface area contributed by atoms with E-state index in [-0.39, 0.29) is 5.75 Å². The van der Waals surface area contributed by atoms with Crippen LogP contribution in [-0.4, -0.2) is 38.2 Å². The number of rotatable bonds is 6. The molecular formula is C14H22FN3O. The number of nitrogens with one attached hydrogen (secondary N) is 1. The number of nitrogens with two attached hydrogens (primary N) is 1. The largest absolute Gasteiger partial charge is 0.494 e. The van der Waals surface area contributed by atoms with Crippen LogP contribution in [0.1, 0.15) is 19.3 Å². The zero-order valence-corrected chi connectivity index (χ0v) is 11.4. The standard InChI is InChI=1S/C14H22FN3O/c1-19-14-10-13(12(16)9-11(14)15)17-5-4-8-18-6-2-3-7-18/h9-10,17H,2-8,16H2,1H3. The summed E-state index contributed by atoms with van der Waals surface area (Å²) in [6.07, 6.45) is 3.68. The van der Waals surface area contributed by atoms with E-state index >= 15 is 0 Å². The summed E-state index contributed by atoms with van der Waals surface area (Å²) in [5, 5.41) is 3.24. The average Bonchev–Trinajstić information content (AvgIpc) is 2.90.